The zero-order valence-electron chi connectivity index (χ0n) is 9.99. The first kappa shape index (κ1) is 11.9. The smallest absolute Gasteiger partial charge is 0.251 e. The van der Waals surface area contributed by atoms with Gasteiger partial charge in [0.1, 0.15) is 5.82 Å². The zero-order chi connectivity index (χ0) is 12.3. The van der Waals surface area contributed by atoms with Gasteiger partial charge >= 0.3 is 0 Å². The van der Waals surface area contributed by atoms with E-state index in [1.54, 1.807) is 18.3 Å². The van der Waals surface area contributed by atoms with Gasteiger partial charge in [0.25, 0.3) is 5.91 Å². The second-order valence-corrected chi connectivity index (χ2v) is 4.92. The molecule has 0 aliphatic heterocycles. The maximum absolute atomic E-state index is 11.9. The number of aromatic nitrogens is 1. The molecule has 5 nitrogen and oxygen atoms in total. The van der Waals surface area contributed by atoms with Gasteiger partial charge in [0.05, 0.1) is 0 Å². The number of hydrazine groups is 1. The van der Waals surface area contributed by atoms with Gasteiger partial charge in [-0.3, -0.25) is 4.79 Å². The summed E-state index contributed by atoms with van der Waals surface area (Å²) < 4.78 is 0. The molecule has 17 heavy (non-hydrogen) atoms. The molecule has 0 atom stereocenters. The molecule has 1 aromatic rings. The molecule has 1 fully saturated rings. The third-order valence-corrected chi connectivity index (χ3v) is 3.41. The summed E-state index contributed by atoms with van der Waals surface area (Å²) in [6.07, 6.45) is 5.22. The van der Waals surface area contributed by atoms with E-state index in [-0.39, 0.29) is 11.3 Å². The summed E-state index contributed by atoms with van der Waals surface area (Å²) in [5, 5.41) is 2.96. The molecule has 1 aliphatic carbocycles. The molecule has 2 rings (SSSR count). The van der Waals surface area contributed by atoms with E-state index in [4.69, 9.17) is 5.84 Å². The van der Waals surface area contributed by atoms with Crippen molar-refractivity contribution in [2.45, 2.75) is 26.2 Å². The lowest BCUT2D eigenvalue weighted by Gasteiger charge is -2.38. The fourth-order valence-electron chi connectivity index (χ4n) is 2.00. The van der Waals surface area contributed by atoms with Crippen molar-refractivity contribution >= 4 is 11.7 Å². The Balaban J connectivity index is 1.94. The normalized spacial score (nSPS) is 17.1. The van der Waals surface area contributed by atoms with Crippen LogP contribution in [0.4, 0.5) is 5.82 Å². The molecule has 0 bridgehead atoms. The van der Waals surface area contributed by atoms with E-state index in [9.17, 15) is 4.79 Å². The third kappa shape index (κ3) is 2.74. The second kappa shape index (κ2) is 4.71. The van der Waals surface area contributed by atoms with Crippen LogP contribution in [0.5, 0.6) is 0 Å². The van der Waals surface area contributed by atoms with Crippen LogP contribution >= 0.6 is 0 Å². The average Bonchev–Trinajstić information content (AvgIpc) is 2.33. The van der Waals surface area contributed by atoms with E-state index in [1.807, 2.05) is 0 Å². The van der Waals surface area contributed by atoms with Crippen LogP contribution in [0.3, 0.4) is 0 Å². The number of amides is 1. The highest BCUT2D eigenvalue weighted by Gasteiger charge is 2.31. The van der Waals surface area contributed by atoms with Gasteiger partial charge in [-0.2, -0.15) is 0 Å². The van der Waals surface area contributed by atoms with Crippen LogP contribution in [-0.4, -0.2) is 17.4 Å². The summed E-state index contributed by atoms with van der Waals surface area (Å²) in [5.41, 5.74) is 3.29. The minimum atomic E-state index is -0.0722. The number of pyridine rings is 1. The molecule has 1 aliphatic rings. The molecule has 1 amide bonds. The van der Waals surface area contributed by atoms with E-state index < -0.39 is 0 Å². The number of hydrogen-bond donors (Lipinski definition) is 3. The Morgan fingerprint density at radius 2 is 2.35 bits per heavy atom. The van der Waals surface area contributed by atoms with E-state index in [1.165, 1.54) is 19.3 Å². The summed E-state index contributed by atoms with van der Waals surface area (Å²) >= 11 is 0. The number of anilines is 1. The fraction of sp³-hybridized carbons (Fsp3) is 0.500. The first-order chi connectivity index (χ1) is 8.13. The molecule has 0 aromatic carbocycles. The van der Waals surface area contributed by atoms with Gasteiger partial charge < -0.3 is 10.7 Å². The van der Waals surface area contributed by atoms with Crippen molar-refractivity contribution in [1.82, 2.24) is 10.3 Å². The Hall–Kier alpha value is -1.62. The molecule has 1 saturated carbocycles. The lowest BCUT2D eigenvalue weighted by atomic mass is 9.70. The lowest BCUT2D eigenvalue weighted by Crippen LogP contribution is -2.39. The highest BCUT2D eigenvalue weighted by molar-refractivity contribution is 5.94. The summed E-state index contributed by atoms with van der Waals surface area (Å²) in [6.45, 7) is 2.94. The van der Waals surface area contributed by atoms with Gasteiger partial charge in [0.2, 0.25) is 0 Å². The lowest BCUT2D eigenvalue weighted by molar-refractivity contribution is 0.0890. The molecule has 0 unspecified atom stereocenters. The summed E-state index contributed by atoms with van der Waals surface area (Å²) in [5.74, 6) is 5.67. The van der Waals surface area contributed by atoms with Crippen LogP contribution in [0.1, 0.15) is 36.5 Å². The molecule has 0 radical (unpaired) electrons. The Kier molecular flexibility index (Phi) is 3.28. The number of nitrogen functional groups attached to an aromatic ring is 1. The standard InChI is InChI=1S/C12H18N4O/c1-12(4-2-5-12)8-15-11(17)9-3-6-14-10(7-9)16-13/h3,6-7H,2,4-5,8,13H2,1H3,(H,14,16)(H,15,17). The maximum Gasteiger partial charge on any atom is 0.251 e. The van der Waals surface area contributed by atoms with Gasteiger partial charge in [-0.05, 0) is 30.4 Å². The van der Waals surface area contributed by atoms with E-state index in [0.29, 0.717) is 11.4 Å². The minimum Gasteiger partial charge on any atom is -0.351 e. The third-order valence-electron chi connectivity index (χ3n) is 3.41. The zero-order valence-corrected chi connectivity index (χ0v) is 9.99. The van der Waals surface area contributed by atoms with Crippen molar-refractivity contribution in [3.8, 4) is 0 Å². The van der Waals surface area contributed by atoms with Crippen LogP contribution in [-0.2, 0) is 0 Å². The maximum atomic E-state index is 11.9. The number of nitrogens with two attached hydrogens (primary N) is 1. The number of carbonyl (C=O) groups is 1. The molecular weight excluding hydrogens is 216 g/mol. The van der Waals surface area contributed by atoms with E-state index in [2.05, 4.69) is 22.7 Å². The first-order valence-electron chi connectivity index (χ1n) is 5.84. The highest BCUT2D eigenvalue weighted by atomic mass is 16.1. The van der Waals surface area contributed by atoms with Crippen LogP contribution in [0.25, 0.3) is 0 Å². The monoisotopic (exact) mass is 234 g/mol. The number of rotatable bonds is 4. The van der Waals surface area contributed by atoms with Crippen molar-refractivity contribution in [2.24, 2.45) is 11.3 Å². The minimum absolute atomic E-state index is 0.0722. The van der Waals surface area contributed by atoms with Crippen molar-refractivity contribution in [2.75, 3.05) is 12.0 Å². The number of carbonyl (C=O) groups excluding carboxylic acids is 1. The summed E-state index contributed by atoms with van der Waals surface area (Å²) in [4.78, 5) is 15.9. The van der Waals surface area contributed by atoms with Gasteiger partial charge in [0, 0.05) is 18.3 Å². The Morgan fingerprint density at radius 3 is 2.94 bits per heavy atom. The van der Waals surface area contributed by atoms with Crippen LogP contribution in [0.2, 0.25) is 0 Å². The molecule has 0 saturated heterocycles. The van der Waals surface area contributed by atoms with Crippen molar-refractivity contribution in [1.29, 1.82) is 0 Å². The highest BCUT2D eigenvalue weighted by Crippen LogP contribution is 2.39. The molecule has 1 aromatic heterocycles. The van der Waals surface area contributed by atoms with Gasteiger partial charge in [-0.1, -0.05) is 13.3 Å². The molecule has 92 valence electrons. The van der Waals surface area contributed by atoms with Gasteiger partial charge in [-0.25, -0.2) is 10.8 Å². The van der Waals surface area contributed by atoms with Crippen LogP contribution < -0.4 is 16.6 Å². The molecule has 4 N–H and O–H groups in total. The Morgan fingerprint density at radius 1 is 1.59 bits per heavy atom. The van der Waals surface area contributed by atoms with Gasteiger partial charge in [0.15, 0.2) is 0 Å². The largest absolute Gasteiger partial charge is 0.351 e. The topological polar surface area (TPSA) is 80.0 Å². The summed E-state index contributed by atoms with van der Waals surface area (Å²) in [7, 11) is 0. The fourth-order valence-corrected chi connectivity index (χ4v) is 2.00. The van der Waals surface area contributed by atoms with Crippen LogP contribution in [0.15, 0.2) is 18.3 Å². The SMILES string of the molecule is CC1(CNC(=O)c2ccnc(NN)c2)CCC1. The predicted molar refractivity (Wildman–Crippen MR) is 66.3 cm³/mol. The number of hydrogen-bond acceptors (Lipinski definition) is 4. The molecule has 0 spiro atoms. The molecule has 1 heterocycles. The van der Waals surface area contributed by atoms with Crippen molar-refractivity contribution in [3.63, 3.8) is 0 Å². The van der Waals surface area contributed by atoms with Crippen molar-refractivity contribution < 1.29 is 4.79 Å². The average molecular weight is 234 g/mol. The summed E-state index contributed by atoms with van der Waals surface area (Å²) in [6, 6.07) is 3.32. The van der Waals surface area contributed by atoms with Crippen molar-refractivity contribution in [3.05, 3.63) is 23.9 Å². The van der Waals surface area contributed by atoms with Crippen LogP contribution in [0, 0.1) is 5.41 Å². The quantitative estimate of drug-likeness (QED) is 0.541. The molecular formula is C12H18N4O. The first-order valence-corrected chi connectivity index (χ1v) is 5.84. The number of nitrogens with one attached hydrogen (secondary N) is 2. The predicted octanol–water partition coefficient (Wildman–Crippen LogP) is 1.29. The van der Waals surface area contributed by atoms with Gasteiger partial charge in [-0.15, -0.1) is 0 Å². The van der Waals surface area contributed by atoms with E-state index in [0.717, 1.165) is 6.54 Å². The van der Waals surface area contributed by atoms with E-state index >= 15 is 0 Å². The Bertz CT molecular complexity index is 415. The Labute approximate surface area is 101 Å². The number of nitrogens with zero attached hydrogens (tertiary/aromatic N) is 1. The second-order valence-electron chi connectivity index (χ2n) is 4.92. The molecule has 5 heteroatoms.